The lowest BCUT2D eigenvalue weighted by atomic mass is 10.2. The van der Waals surface area contributed by atoms with Crippen molar-refractivity contribution in [3.63, 3.8) is 0 Å². The van der Waals surface area contributed by atoms with Gasteiger partial charge in [0.2, 0.25) is 5.95 Å². The van der Waals surface area contributed by atoms with Crippen molar-refractivity contribution in [3.05, 3.63) is 71.4 Å². The van der Waals surface area contributed by atoms with Gasteiger partial charge in [0.1, 0.15) is 5.82 Å². The van der Waals surface area contributed by atoms with Crippen molar-refractivity contribution in [1.82, 2.24) is 9.97 Å². The van der Waals surface area contributed by atoms with Crippen LogP contribution in [0.25, 0.3) is 0 Å². The van der Waals surface area contributed by atoms with E-state index in [1.54, 1.807) is 30.3 Å². The monoisotopic (exact) mass is 364 g/mol. The quantitative estimate of drug-likeness (QED) is 0.629. The molecule has 0 aliphatic heterocycles. The van der Waals surface area contributed by atoms with Gasteiger partial charge in [-0.15, -0.1) is 0 Å². The van der Waals surface area contributed by atoms with Crippen molar-refractivity contribution in [1.29, 1.82) is 0 Å². The van der Waals surface area contributed by atoms with Crippen molar-refractivity contribution in [2.75, 3.05) is 10.6 Å². The van der Waals surface area contributed by atoms with Crippen molar-refractivity contribution < 1.29 is 13.2 Å². The lowest BCUT2D eigenvalue weighted by Gasteiger charge is -2.10. The number of benzene rings is 2. The van der Waals surface area contributed by atoms with Crippen LogP contribution < -0.4 is 10.6 Å². The predicted octanol–water partition coefficient (Wildman–Crippen LogP) is 5.64. The molecule has 0 unspecified atom stereocenters. The summed E-state index contributed by atoms with van der Waals surface area (Å²) in [6, 6.07) is 13.4. The van der Waals surface area contributed by atoms with Gasteiger partial charge in [-0.2, -0.15) is 18.2 Å². The molecule has 8 heteroatoms. The van der Waals surface area contributed by atoms with E-state index in [1.807, 2.05) is 0 Å². The maximum Gasteiger partial charge on any atom is 0.416 e. The first-order valence-corrected chi connectivity index (χ1v) is 7.58. The minimum Gasteiger partial charge on any atom is -0.340 e. The molecule has 0 radical (unpaired) electrons. The van der Waals surface area contributed by atoms with Crippen LogP contribution in [0.1, 0.15) is 5.56 Å². The molecule has 0 saturated carbocycles. The van der Waals surface area contributed by atoms with Gasteiger partial charge in [0.05, 0.1) is 5.56 Å². The van der Waals surface area contributed by atoms with Gasteiger partial charge in [-0.1, -0.05) is 11.6 Å². The summed E-state index contributed by atoms with van der Waals surface area (Å²) in [5.41, 5.74) is 0.539. The second-order valence-corrected chi connectivity index (χ2v) is 5.53. The molecule has 0 amide bonds. The molecule has 0 atom stereocenters. The van der Waals surface area contributed by atoms with Crippen LogP contribution in [0.2, 0.25) is 5.02 Å². The maximum absolute atomic E-state index is 12.6. The topological polar surface area (TPSA) is 49.8 Å². The zero-order valence-corrected chi connectivity index (χ0v) is 13.4. The lowest BCUT2D eigenvalue weighted by molar-refractivity contribution is -0.137. The Labute approximate surface area is 146 Å². The Morgan fingerprint density at radius 3 is 2.04 bits per heavy atom. The summed E-state index contributed by atoms with van der Waals surface area (Å²) in [7, 11) is 0. The molecule has 1 aromatic heterocycles. The molecule has 2 N–H and O–H groups in total. The Hall–Kier alpha value is -2.80. The number of alkyl halides is 3. The van der Waals surface area contributed by atoms with E-state index in [2.05, 4.69) is 20.6 Å². The van der Waals surface area contributed by atoms with E-state index in [9.17, 15) is 13.2 Å². The molecule has 4 nitrogen and oxygen atoms in total. The van der Waals surface area contributed by atoms with Gasteiger partial charge in [0, 0.05) is 22.6 Å². The highest BCUT2D eigenvalue weighted by atomic mass is 35.5. The van der Waals surface area contributed by atoms with Crippen LogP contribution in [-0.4, -0.2) is 9.97 Å². The molecule has 0 bridgehead atoms. The zero-order chi connectivity index (χ0) is 17.9. The van der Waals surface area contributed by atoms with E-state index in [1.165, 1.54) is 18.3 Å². The van der Waals surface area contributed by atoms with Gasteiger partial charge < -0.3 is 10.6 Å². The number of anilines is 4. The summed E-state index contributed by atoms with van der Waals surface area (Å²) in [6.45, 7) is 0. The SMILES string of the molecule is FC(F)(F)c1ccc(Nc2nccc(Nc3ccc(Cl)cc3)n2)cc1. The number of rotatable bonds is 4. The molecule has 2 aromatic carbocycles. The highest BCUT2D eigenvalue weighted by Gasteiger charge is 2.29. The third kappa shape index (κ3) is 4.60. The summed E-state index contributed by atoms with van der Waals surface area (Å²) in [5.74, 6) is 0.797. The van der Waals surface area contributed by atoms with E-state index in [4.69, 9.17) is 11.6 Å². The van der Waals surface area contributed by atoms with Gasteiger partial charge in [-0.25, -0.2) is 4.98 Å². The molecule has 0 saturated heterocycles. The molecule has 1 heterocycles. The van der Waals surface area contributed by atoms with Gasteiger partial charge in [-0.05, 0) is 54.6 Å². The van der Waals surface area contributed by atoms with Crippen LogP contribution >= 0.6 is 11.6 Å². The summed E-state index contributed by atoms with van der Waals surface area (Å²) < 4.78 is 37.7. The van der Waals surface area contributed by atoms with Crippen molar-refractivity contribution >= 4 is 34.7 Å². The number of nitrogens with zero attached hydrogens (tertiary/aromatic N) is 2. The van der Waals surface area contributed by atoms with Gasteiger partial charge in [-0.3, -0.25) is 0 Å². The second-order valence-electron chi connectivity index (χ2n) is 5.10. The van der Waals surface area contributed by atoms with Crippen LogP contribution in [0, 0.1) is 0 Å². The number of hydrogen-bond acceptors (Lipinski definition) is 4. The van der Waals surface area contributed by atoms with E-state index >= 15 is 0 Å². The average molecular weight is 365 g/mol. The molecule has 0 aliphatic rings. The molecular formula is C17H12ClF3N4. The first kappa shape index (κ1) is 17.0. The molecule has 25 heavy (non-hydrogen) atoms. The average Bonchev–Trinajstić information content (AvgIpc) is 2.57. The third-order valence-electron chi connectivity index (χ3n) is 3.24. The Kier molecular flexibility index (Phi) is 4.76. The summed E-state index contributed by atoms with van der Waals surface area (Å²) in [6.07, 6.45) is -2.82. The van der Waals surface area contributed by atoms with Crippen molar-refractivity contribution in [2.45, 2.75) is 6.18 Å². The number of nitrogens with one attached hydrogen (secondary N) is 2. The van der Waals surface area contributed by atoms with E-state index in [0.717, 1.165) is 17.8 Å². The van der Waals surface area contributed by atoms with Gasteiger partial charge >= 0.3 is 6.18 Å². The maximum atomic E-state index is 12.6. The first-order valence-electron chi connectivity index (χ1n) is 7.20. The van der Waals surface area contributed by atoms with Gasteiger partial charge in [0.25, 0.3) is 0 Å². The fraction of sp³-hybridized carbons (Fsp3) is 0.0588. The van der Waals surface area contributed by atoms with Crippen LogP contribution in [0.3, 0.4) is 0 Å². The van der Waals surface area contributed by atoms with E-state index in [-0.39, 0.29) is 5.95 Å². The van der Waals surface area contributed by atoms with Crippen LogP contribution in [0.4, 0.5) is 36.3 Å². The summed E-state index contributed by atoms with van der Waals surface area (Å²) in [5, 5.41) is 6.58. The highest BCUT2D eigenvalue weighted by Crippen LogP contribution is 2.30. The third-order valence-corrected chi connectivity index (χ3v) is 3.49. The molecule has 0 aliphatic carbocycles. The molecule has 3 aromatic rings. The predicted molar refractivity (Wildman–Crippen MR) is 91.5 cm³/mol. The number of hydrogen-bond donors (Lipinski definition) is 2. The Bertz CT molecular complexity index is 849. The minimum absolute atomic E-state index is 0.263. The Morgan fingerprint density at radius 2 is 1.40 bits per heavy atom. The number of halogens is 4. The summed E-state index contributed by atoms with van der Waals surface area (Å²) in [4.78, 5) is 8.32. The minimum atomic E-state index is -4.36. The highest BCUT2D eigenvalue weighted by molar-refractivity contribution is 6.30. The van der Waals surface area contributed by atoms with Crippen LogP contribution in [-0.2, 0) is 6.18 Å². The molecular weight excluding hydrogens is 353 g/mol. The Morgan fingerprint density at radius 1 is 0.800 bits per heavy atom. The largest absolute Gasteiger partial charge is 0.416 e. The number of aromatic nitrogens is 2. The van der Waals surface area contributed by atoms with Crippen molar-refractivity contribution in [2.24, 2.45) is 0 Å². The second kappa shape index (κ2) is 6.98. The normalized spacial score (nSPS) is 11.2. The smallest absolute Gasteiger partial charge is 0.340 e. The molecule has 0 fully saturated rings. The first-order chi connectivity index (χ1) is 11.9. The van der Waals surface area contributed by atoms with E-state index < -0.39 is 11.7 Å². The van der Waals surface area contributed by atoms with Crippen LogP contribution in [0.5, 0.6) is 0 Å². The molecule has 0 spiro atoms. The lowest BCUT2D eigenvalue weighted by Crippen LogP contribution is -2.05. The molecule has 128 valence electrons. The standard InChI is InChI=1S/C17H12ClF3N4/c18-12-3-7-13(8-4-12)23-15-9-10-22-16(25-15)24-14-5-1-11(2-6-14)17(19,20)21/h1-10H,(H2,22,23,24,25). The Balaban J connectivity index is 1.72. The van der Waals surface area contributed by atoms with Crippen LogP contribution in [0.15, 0.2) is 60.8 Å². The fourth-order valence-corrected chi connectivity index (χ4v) is 2.17. The molecule has 3 rings (SSSR count). The zero-order valence-electron chi connectivity index (χ0n) is 12.7. The van der Waals surface area contributed by atoms with Crippen molar-refractivity contribution in [3.8, 4) is 0 Å². The fourth-order valence-electron chi connectivity index (χ4n) is 2.04. The van der Waals surface area contributed by atoms with E-state index in [0.29, 0.717) is 16.5 Å². The van der Waals surface area contributed by atoms with Gasteiger partial charge in [0.15, 0.2) is 0 Å². The summed E-state index contributed by atoms with van der Waals surface area (Å²) >= 11 is 5.84.